The van der Waals surface area contributed by atoms with E-state index in [1.54, 1.807) is 11.3 Å². The zero-order valence-electron chi connectivity index (χ0n) is 24.1. The van der Waals surface area contributed by atoms with Crippen molar-refractivity contribution in [2.45, 2.75) is 51.7 Å². The number of nitriles is 1. The van der Waals surface area contributed by atoms with Crippen molar-refractivity contribution >= 4 is 27.1 Å². The molecule has 3 aromatic rings. The molecule has 0 N–H and O–H groups in total. The molecule has 5 rings (SSSR count). The van der Waals surface area contributed by atoms with Crippen LogP contribution in [0.3, 0.4) is 0 Å². The Morgan fingerprint density at radius 1 is 1.17 bits per heavy atom. The van der Waals surface area contributed by atoms with E-state index in [2.05, 4.69) is 45.4 Å². The maximum atomic E-state index is 13.0. The van der Waals surface area contributed by atoms with Crippen LogP contribution in [0.4, 0.5) is 0 Å². The van der Waals surface area contributed by atoms with Crippen LogP contribution in [0.5, 0.6) is 5.75 Å². The molecule has 0 unspecified atom stereocenters. The highest BCUT2D eigenvalue weighted by atomic mass is 32.2. The van der Waals surface area contributed by atoms with Gasteiger partial charge in [0.2, 0.25) is 0 Å². The van der Waals surface area contributed by atoms with Crippen molar-refractivity contribution in [3.63, 3.8) is 0 Å². The van der Waals surface area contributed by atoms with Crippen LogP contribution in [0.2, 0.25) is 0 Å². The Balaban J connectivity index is 1.31. The van der Waals surface area contributed by atoms with Gasteiger partial charge in [0.1, 0.15) is 16.8 Å². The molecule has 0 spiro atoms. The lowest BCUT2D eigenvalue weighted by molar-refractivity contribution is 0.150. The molecular weight excluding hydrogens is 555 g/mol. The second-order valence-corrected chi connectivity index (χ2v) is 14.0. The number of sulfonamides is 1. The summed E-state index contributed by atoms with van der Waals surface area (Å²) in [5.74, 6) is 0.613. The van der Waals surface area contributed by atoms with Crippen molar-refractivity contribution in [3.05, 3.63) is 59.3 Å². The molecule has 8 nitrogen and oxygen atoms in total. The first-order chi connectivity index (χ1) is 19.6. The van der Waals surface area contributed by atoms with E-state index in [1.807, 2.05) is 50.4 Å². The minimum absolute atomic E-state index is 0.0196. The van der Waals surface area contributed by atoms with E-state index in [4.69, 9.17) is 4.74 Å². The van der Waals surface area contributed by atoms with Gasteiger partial charge in [-0.1, -0.05) is 18.2 Å². The summed E-state index contributed by atoms with van der Waals surface area (Å²) < 4.78 is 36.1. The van der Waals surface area contributed by atoms with Crippen molar-refractivity contribution in [1.82, 2.24) is 14.8 Å². The van der Waals surface area contributed by atoms with Gasteiger partial charge < -0.3 is 14.5 Å². The molecule has 1 aromatic heterocycles. The predicted molar refractivity (Wildman–Crippen MR) is 165 cm³/mol. The number of fused-ring (bicyclic) bond motifs is 1. The molecule has 1 aliphatic heterocycles. The Labute approximate surface area is 247 Å². The van der Waals surface area contributed by atoms with Crippen molar-refractivity contribution in [2.75, 3.05) is 39.5 Å². The van der Waals surface area contributed by atoms with Crippen LogP contribution < -0.4 is 4.74 Å². The lowest BCUT2D eigenvalue weighted by Crippen LogP contribution is -2.43. The van der Waals surface area contributed by atoms with Gasteiger partial charge in [-0.3, -0.25) is 0 Å². The Morgan fingerprint density at radius 3 is 2.63 bits per heavy atom. The maximum Gasteiger partial charge on any atom is 0.254 e. The van der Waals surface area contributed by atoms with Crippen LogP contribution in [0.1, 0.15) is 49.8 Å². The van der Waals surface area contributed by atoms with Crippen LogP contribution in [-0.4, -0.2) is 80.5 Å². The lowest BCUT2D eigenvalue weighted by Gasteiger charge is -2.34. The summed E-state index contributed by atoms with van der Waals surface area (Å²) in [7, 11) is 0.634. The van der Waals surface area contributed by atoms with Gasteiger partial charge in [-0.25, -0.2) is 13.4 Å². The lowest BCUT2D eigenvalue weighted by atomic mass is 10.0. The molecule has 0 radical (unpaired) electrons. The fourth-order valence-corrected chi connectivity index (χ4v) is 7.66. The van der Waals surface area contributed by atoms with Gasteiger partial charge >= 0.3 is 0 Å². The molecule has 0 amide bonds. The molecule has 2 aliphatic rings. The van der Waals surface area contributed by atoms with Gasteiger partial charge in [-0.15, -0.1) is 11.3 Å². The van der Waals surface area contributed by atoms with E-state index in [1.165, 1.54) is 0 Å². The number of benzene rings is 2. The number of likely N-dealkylation sites (tertiary alicyclic amines) is 1. The van der Waals surface area contributed by atoms with Gasteiger partial charge in [0, 0.05) is 29.9 Å². The van der Waals surface area contributed by atoms with Gasteiger partial charge in [-0.2, -0.15) is 9.66 Å². The Morgan fingerprint density at radius 2 is 1.93 bits per heavy atom. The standard InChI is InChI=1S/C31H37N5O3S2/c1-21(2)39-29-11-8-22(18-23(29)19-32)31-33-20-30(40-31)27-7-5-6-26-25(27)9-10-28(26)34-41(37,38)17-16-36-14-12-24(13-15-36)35(3)4/h5-8,11,18,20-21,24H,9-10,12-17H2,1-4H3/b34-28-. The van der Waals surface area contributed by atoms with Crippen LogP contribution in [0, 0.1) is 11.3 Å². The zero-order chi connectivity index (χ0) is 29.1. The largest absolute Gasteiger partial charge is 0.490 e. The first-order valence-corrected chi connectivity index (χ1v) is 16.6. The predicted octanol–water partition coefficient (Wildman–Crippen LogP) is 5.23. The van der Waals surface area contributed by atoms with E-state index in [0.717, 1.165) is 64.5 Å². The second kappa shape index (κ2) is 12.4. The van der Waals surface area contributed by atoms with Crippen LogP contribution in [0.25, 0.3) is 21.0 Å². The minimum atomic E-state index is -3.57. The summed E-state index contributed by atoms with van der Waals surface area (Å²) >= 11 is 1.56. The van der Waals surface area contributed by atoms with Crippen LogP contribution in [-0.2, 0) is 16.4 Å². The number of piperidine rings is 1. The molecule has 0 saturated carbocycles. The molecule has 41 heavy (non-hydrogen) atoms. The van der Waals surface area contributed by atoms with E-state index in [9.17, 15) is 13.7 Å². The molecular formula is C31H37N5O3S2. The Hall–Kier alpha value is -3.10. The monoisotopic (exact) mass is 591 g/mol. The van der Waals surface area contributed by atoms with Crippen molar-refractivity contribution < 1.29 is 13.2 Å². The highest BCUT2D eigenvalue weighted by Gasteiger charge is 2.26. The fraction of sp³-hybridized carbons (Fsp3) is 0.452. The van der Waals surface area contributed by atoms with Crippen LogP contribution >= 0.6 is 11.3 Å². The molecule has 0 bridgehead atoms. The van der Waals surface area contributed by atoms with E-state index in [0.29, 0.717) is 36.0 Å². The topological polar surface area (TPSA) is 98.9 Å². The molecule has 1 aliphatic carbocycles. The van der Waals surface area contributed by atoms with Gasteiger partial charge in [0.15, 0.2) is 0 Å². The number of nitrogens with zero attached hydrogens (tertiary/aromatic N) is 5. The average molecular weight is 592 g/mol. The number of rotatable bonds is 9. The minimum Gasteiger partial charge on any atom is -0.490 e. The summed E-state index contributed by atoms with van der Waals surface area (Å²) in [4.78, 5) is 10.1. The number of aromatic nitrogens is 1. The third-order valence-corrected chi connectivity index (χ3v) is 10.1. The maximum absolute atomic E-state index is 13.0. The highest BCUT2D eigenvalue weighted by Crippen LogP contribution is 2.39. The van der Waals surface area contributed by atoms with Gasteiger partial charge in [-0.05, 0) is 96.0 Å². The highest BCUT2D eigenvalue weighted by molar-refractivity contribution is 7.90. The summed E-state index contributed by atoms with van der Waals surface area (Å²) in [5.41, 5.74) is 5.07. The number of hydrogen-bond donors (Lipinski definition) is 0. The zero-order valence-corrected chi connectivity index (χ0v) is 25.8. The number of hydrogen-bond acceptors (Lipinski definition) is 8. The molecule has 1 fully saturated rings. The normalized spacial score (nSPS) is 17.3. The Bertz CT molecular complexity index is 1580. The number of thiazole rings is 1. The quantitative estimate of drug-likeness (QED) is 0.336. The smallest absolute Gasteiger partial charge is 0.254 e. The van der Waals surface area contributed by atoms with Crippen molar-refractivity contribution in [1.29, 1.82) is 5.26 Å². The second-order valence-electron chi connectivity index (χ2n) is 11.2. The fourth-order valence-electron chi connectivity index (χ4n) is 5.59. The van der Waals surface area contributed by atoms with Crippen LogP contribution in [0.15, 0.2) is 47.0 Å². The third kappa shape index (κ3) is 6.87. The molecule has 2 aromatic carbocycles. The van der Waals surface area contributed by atoms with E-state index < -0.39 is 10.0 Å². The van der Waals surface area contributed by atoms with Crippen molar-refractivity contribution in [2.24, 2.45) is 4.40 Å². The Kier molecular flexibility index (Phi) is 8.90. The third-order valence-electron chi connectivity index (χ3n) is 7.78. The van der Waals surface area contributed by atoms with Gasteiger partial charge in [0.25, 0.3) is 10.0 Å². The first kappa shape index (κ1) is 29.4. The molecule has 216 valence electrons. The average Bonchev–Trinajstić information content (AvgIpc) is 3.60. The summed E-state index contributed by atoms with van der Waals surface area (Å²) in [6.45, 7) is 6.23. The van der Waals surface area contributed by atoms with E-state index in [-0.39, 0.29) is 11.9 Å². The molecule has 2 heterocycles. The molecule has 10 heteroatoms. The SMILES string of the molecule is CC(C)Oc1ccc(-c2ncc(-c3cccc4c3CC/C4=N/S(=O)(=O)CCN3CCC(N(C)C)CC3)s2)cc1C#N. The van der Waals surface area contributed by atoms with E-state index >= 15 is 0 Å². The first-order valence-electron chi connectivity index (χ1n) is 14.1. The molecule has 0 atom stereocenters. The van der Waals surface area contributed by atoms with Crippen molar-refractivity contribution in [3.8, 4) is 32.8 Å². The van der Waals surface area contributed by atoms with Gasteiger partial charge in [0.05, 0.1) is 28.0 Å². The summed E-state index contributed by atoms with van der Waals surface area (Å²) in [5, 5.41) is 10.4. The summed E-state index contributed by atoms with van der Waals surface area (Å²) in [6.07, 6.45) is 5.31. The molecule has 1 saturated heterocycles. The summed E-state index contributed by atoms with van der Waals surface area (Å²) in [6, 6.07) is 14.4. The number of ether oxygens (including phenoxy) is 1.